The van der Waals surface area contributed by atoms with Gasteiger partial charge in [0.2, 0.25) is 0 Å². The van der Waals surface area contributed by atoms with E-state index in [-0.39, 0.29) is 0 Å². The Balaban J connectivity index is 1.50. The highest BCUT2D eigenvalue weighted by molar-refractivity contribution is 7.44. The largest absolute Gasteiger partial charge is 0.133 e. The van der Waals surface area contributed by atoms with Crippen molar-refractivity contribution in [2.75, 3.05) is 0 Å². The minimum absolute atomic E-state index is 1.37. The Hall–Kier alpha value is -2.24. The van der Waals surface area contributed by atoms with E-state index < -0.39 is 0 Å². The second kappa shape index (κ2) is 4.84. The molecule has 0 saturated heterocycles. The molecule has 4 heterocycles. The molecule has 0 aliphatic heterocycles. The van der Waals surface area contributed by atoms with E-state index in [2.05, 4.69) is 60.7 Å². The lowest BCUT2D eigenvalue weighted by atomic mass is 10.1. The van der Waals surface area contributed by atoms with Crippen LogP contribution in [0.25, 0.3) is 62.6 Å². The van der Waals surface area contributed by atoms with Gasteiger partial charge in [-0.2, -0.15) is 0 Å². The van der Waals surface area contributed by atoms with Crippen LogP contribution in [0.3, 0.4) is 0 Å². The number of hydrogen-bond donors (Lipinski definition) is 0. The molecule has 8 rings (SSSR count). The van der Waals surface area contributed by atoms with Gasteiger partial charge in [-0.1, -0.05) is 48.5 Å². The van der Waals surface area contributed by atoms with E-state index in [9.17, 15) is 0 Å². The number of fused-ring (bicyclic) bond motifs is 13. The van der Waals surface area contributed by atoms with Gasteiger partial charge in [0.1, 0.15) is 0 Å². The first kappa shape index (κ1) is 14.7. The highest BCUT2D eigenvalue weighted by atomic mass is 32.1. The fourth-order valence-electron chi connectivity index (χ4n) is 4.65. The van der Waals surface area contributed by atoms with E-state index in [0.29, 0.717) is 0 Å². The van der Waals surface area contributed by atoms with E-state index in [1.54, 1.807) is 0 Å². The van der Waals surface area contributed by atoms with Gasteiger partial charge in [0.15, 0.2) is 0 Å². The van der Waals surface area contributed by atoms with Crippen LogP contribution in [0.4, 0.5) is 0 Å². The van der Waals surface area contributed by atoms with E-state index in [4.69, 9.17) is 0 Å². The third-order valence-corrected chi connectivity index (χ3v) is 11.2. The van der Waals surface area contributed by atoms with Crippen LogP contribution in [0.15, 0.2) is 48.5 Å². The van der Waals surface area contributed by atoms with Gasteiger partial charge in [-0.05, 0) is 34.4 Å². The zero-order valence-electron chi connectivity index (χ0n) is 14.4. The summed E-state index contributed by atoms with van der Waals surface area (Å²) < 4.78 is 11.8. The van der Waals surface area contributed by atoms with Crippen LogP contribution in [0, 0.1) is 0 Å². The van der Waals surface area contributed by atoms with Gasteiger partial charge in [-0.25, -0.2) is 0 Å². The predicted octanol–water partition coefficient (Wildman–Crippen LogP) is 7.01. The molecule has 28 heavy (non-hydrogen) atoms. The number of hydrogen-bond acceptors (Lipinski definition) is 4. The number of benzene rings is 2. The lowest BCUT2D eigenvalue weighted by Crippen LogP contribution is -1.88. The van der Waals surface area contributed by atoms with Crippen LogP contribution in [0.5, 0.6) is 0 Å². The SMILES string of the molecule is C1=c2sc3c(sc4c5sc6c(c5sc34)-c3ccccc3C=6)c2-c2ccccc21. The minimum atomic E-state index is 1.37. The van der Waals surface area contributed by atoms with E-state index in [1.165, 1.54) is 70.6 Å². The van der Waals surface area contributed by atoms with Crippen LogP contribution < -0.4 is 9.06 Å². The molecule has 0 saturated carbocycles. The average molecular weight is 427 g/mol. The van der Waals surface area contributed by atoms with Crippen molar-refractivity contribution in [1.29, 1.82) is 0 Å². The maximum Gasteiger partial charge on any atom is 0.0651 e. The Kier molecular flexibility index (Phi) is 2.54. The second-order valence-corrected chi connectivity index (χ2v) is 11.5. The maximum atomic E-state index is 2.37. The van der Waals surface area contributed by atoms with Crippen molar-refractivity contribution in [1.82, 2.24) is 0 Å². The lowest BCUT2D eigenvalue weighted by molar-refractivity contribution is 1.68. The van der Waals surface area contributed by atoms with E-state index in [1.807, 2.05) is 45.3 Å². The van der Waals surface area contributed by atoms with Gasteiger partial charge in [-0.3, -0.25) is 0 Å². The average Bonchev–Trinajstić information content (AvgIpc) is 3.47. The predicted molar refractivity (Wildman–Crippen MR) is 128 cm³/mol. The molecule has 0 radical (unpaired) electrons. The quantitative estimate of drug-likeness (QED) is 0.245. The van der Waals surface area contributed by atoms with Crippen LogP contribution in [-0.4, -0.2) is 0 Å². The molecule has 2 aliphatic rings. The summed E-state index contributed by atoms with van der Waals surface area (Å²) in [7, 11) is 0. The van der Waals surface area contributed by atoms with Gasteiger partial charge in [0.25, 0.3) is 0 Å². The molecule has 0 bridgehead atoms. The molecule has 0 N–H and O–H groups in total. The van der Waals surface area contributed by atoms with Crippen LogP contribution in [-0.2, 0) is 0 Å². The third kappa shape index (κ3) is 1.60. The Morgan fingerprint density at radius 2 is 0.857 bits per heavy atom. The van der Waals surface area contributed by atoms with Crippen molar-refractivity contribution in [2.24, 2.45) is 0 Å². The van der Waals surface area contributed by atoms with Gasteiger partial charge >= 0.3 is 0 Å². The van der Waals surface area contributed by atoms with Crippen molar-refractivity contribution in [3.63, 3.8) is 0 Å². The molecule has 130 valence electrons. The maximum absolute atomic E-state index is 2.37. The molecule has 2 aliphatic carbocycles. The molecule has 0 nitrogen and oxygen atoms in total. The Morgan fingerprint density at radius 3 is 1.36 bits per heavy atom. The summed E-state index contributed by atoms with van der Waals surface area (Å²) >= 11 is 7.97. The van der Waals surface area contributed by atoms with Crippen molar-refractivity contribution in [2.45, 2.75) is 0 Å². The molecule has 0 unspecified atom stereocenters. The first-order valence-electron chi connectivity index (χ1n) is 9.19. The molecule has 4 aromatic heterocycles. The summed E-state index contributed by atoms with van der Waals surface area (Å²) in [4.78, 5) is 0. The molecular weight excluding hydrogens is 417 g/mol. The standard InChI is InChI=1S/C24H10S4/c1-3-7-13-11(5-1)9-15-17(13)19-21(25-15)23-24(27-19)22-20(28-23)18-14-8-4-2-6-12(14)10-16(18)26-22/h1-10H. The molecular formula is C24H10S4. The molecule has 0 amide bonds. The van der Waals surface area contributed by atoms with Crippen molar-refractivity contribution < 1.29 is 0 Å². The van der Waals surface area contributed by atoms with Gasteiger partial charge in [0.05, 0.1) is 28.2 Å². The Bertz CT molecular complexity index is 1630. The minimum Gasteiger partial charge on any atom is -0.133 e. The van der Waals surface area contributed by atoms with Crippen molar-refractivity contribution in [3.05, 3.63) is 68.7 Å². The third-order valence-electron chi connectivity index (χ3n) is 5.84. The summed E-state index contributed by atoms with van der Waals surface area (Å²) in [6.07, 6.45) is 4.74. The van der Waals surface area contributed by atoms with Gasteiger partial charge < -0.3 is 0 Å². The van der Waals surface area contributed by atoms with E-state index >= 15 is 0 Å². The fraction of sp³-hybridized carbons (Fsp3) is 0. The fourth-order valence-corrected chi connectivity index (χ4v) is 10.7. The summed E-state index contributed by atoms with van der Waals surface area (Å²) in [5.41, 5.74) is 8.49. The van der Waals surface area contributed by atoms with Gasteiger partial charge in [-0.15, -0.1) is 45.3 Å². The number of rotatable bonds is 0. The first-order chi connectivity index (χ1) is 13.9. The smallest absolute Gasteiger partial charge is 0.0651 e. The first-order valence-corrected chi connectivity index (χ1v) is 12.5. The molecule has 0 fully saturated rings. The Labute approximate surface area is 175 Å². The zero-order chi connectivity index (χ0) is 18.0. The summed E-state index contributed by atoms with van der Waals surface area (Å²) in [6.45, 7) is 0. The normalized spacial score (nSPS) is 13.6. The monoisotopic (exact) mass is 426 g/mol. The molecule has 0 atom stereocenters. The second-order valence-electron chi connectivity index (χ2n) is 7.32. The molecule has 6 aromatic rings. The van der Waals surface area contributed by atoms with E-state index in [0.717, 1.165) is 0 Å². The topological polar surface area (TPSA) is 0 Å². The molecule has 4 heteroatoms. The Morgan fingerprint density at radius 1 is 0.429 bits per heavy atom. The van der Waals surface area contributed by atoms with Crippen LogP contribution in [0.1, 0.15) is 11.1 Å². The van der Waals surface area contributed by atoms with Crippen molar-refractivity contribution in [3.8, 4) is 22.3 Å². The van der Waals surface area contributed by atoms with Gasteiger partial charge in [0, 0.05) is 20.2 Å². The molecule has 0 spiro atoms. The van der Waals surface area contributed by atoms with Crippen LogP contribution in [0.2, 0.25) is 0 Å². The summed E-state index contributed by atoms with van der Waals surface area (Å²) in [6, 6.07) is 17.6. The summed E-state index contributed by atoms with van der Waals surface area (Å²) in [5.74, 6) is 0. The lowest BCUT2D eigenvalue weighted by Gasteiger charge is -1.98. The molecule has 2 aromatic carbocycles. The highest BCUT2D eigenvalue weighted by Gasteiger charge is 2.26. The van der Waals surface area contributed by atoms with Crippen molar-refractivity contribution >= 4 is 85.7 Å². The van der Waals surface area contributed by atoms with Crippen LogP contribution >= 0.6 is 45.3 Å². The summed E-state index contributed by atoms with van der Waals surface area (Å²) in [5, 5.41) is 0. The number of thiophene rings is 4. The highest BCUT2D eigenvalue weighted by Crippen LogP contribution is 2.52. The zero-order valence-corrected chi connectivity index (χ0v) is 17.7.